The summed E-state index contributed by atoms with van der Waals surface area (Å²) >= 11 is 1.56. The van der Waals surface area contributed by atoms with Crippen LogP contribution in [0.25, 0.3) is 0 Å². The van der Waals surface area contributed by atoms with Gasteiger partial charge in [-0.15, -0.1) is 11.8 Å². The summed E-state index contributed by atoms with van der Waals surface area (Å²) < 4.78 is 5.19. The van der Waals surface area contributed by atoms with Crippen molar-refractivity contribution in [2.24, 2.45) is 0 Å². The molecule has 0 unspecified atom stereocenters. The number of nitrogens with one attached hydrogen (secondary N) is 1. The molecule has 0 heterocycles. The van der Waals surface area contributed by atoms with Gasteiger partial charge in [0.15, 0.2) is 0 Å². The zero-order valence-corrected chi connectivity index (χ0v) is 17.5. The third kappa shape index (κ3) is 6.30. The highest BCUT2D eigenvalue weighted by molar-refractivity contribution is 7.99. The Kier molecular flexibility index (Phi) is 8.88. The summed E-state index contributed by atoms with van der Waals surface area (Å²) in [6.45, 7) is 2.31. The first-order chi connectivity index (χ1) is 13.6. The van der Waals surface area contributed by atoms with E-state index in [4.69, 9.17) is 4.74 Å². The molecule has 0 fully saturated rings. The van der Waals surface area contributed by atoms with E-state index in [2.05, 4.69) is 5.32 Å². The van der Waals surface area contributed by atoms with Crippen molar-refractivity contribution in [2.45, 2.75) is 31.7 Å². The lowest BCUT2D eigenvalue weighted by Crippen LogP contribution is -2.48. The predicted molar refractivity (Wildman–Crippen MR) is 114 cm³/mol. The Balaban J connectivity index is 2.09. The lowest BCUT2D eigenvalue weighted by atomic mass is 10.1. The summed E-state index contributed by atoms with van der Waals surface area (Å²) in [6.07, 6.45) is 0.560. The Morgan fingerprint density at radius 3 is 2.32 bits per heavy atom. The highest BCUT2D eigenvalue weighted by Crippen LogP contribution is 2.18. The van der Waals surface area contributed by atoms with E-state index in [9.17, 15) is 9.59 Å². The molecule has 2 rings (SSSR count). The van der Waals surface area contributed by atoms with E-state index >= 15 is 0 Å². The number of hydrogen-bond acceptors (Lipinski definition) is 4. The van der Waals surface area contributed by atoms with Crippen LogP contribution in [0.2, 0.25) is 0 Å². The van der Waals surface area contributed by atoms with Crippen LogP contribution in [0.15, 0.2) is 54.6 Å². The SMILES string of the molecule is CC[C@@H](C(=O)NC)N(Cc1ccc(OC)cc1)C(=O)CSCc1ccccc1. The molecule has 0 aliphatic rings. The Bertz CT molecular complexity index is 750. The molecule has 0 saturated heterocycles. The first kappa shape index (κ1) is 21.8. The molecular formula is C22H28N2O3S. The van der Waals surface area contributed by atoms with E-state index in [0.29, 0.717) is 18.7 Å². The number of ether oxygens (including phenoxy) is 1. The number of rotatable bonds is 10. The predicted octanol–water partition coefficient (Wildman–Crippen LogP) is 3.48. The number of carbonyl (C=O) groups excluding carboxylic acids is 2. The van der Waals surface area contributed by atoms with E-state index < -0.39 is 6.04 Å². The fourth-order valence-electron chi connectivity index (χ4n) is 2.93. The van der Waals surface area contributed by atoms with E-state index in [1.54, 1.807) is 30.8 Å². The molecule has 2 aromatic rings. The molecule has 0 radical (unpaired) electrons. The highest BCUT2D eigenvalue weighted by Gasteiger charge is 2.27. The van der Waals surface area contributed by atoms with Crippen LogP contribution in [-0.4, -0.2) is 42.7 Å². The Hall–Kier alpha value is -2.47. The van der Waals surface area contributed by atoms with Gasteiger partial charge in [0.1, 0.15) is 11.8 Å². The molecule has 28 heavy (non-hydrogen) atoms. The van der Waals surface area contributed by atoms with Crippen molar-refractivity contribution in [3.8, 4) is 5.75 Å². The normalized spacial score (nSPS) is 11.5. The number of likely N-dealkylation sites (N-methyl/N-ethyl adjacent to an activating group) is 1. The molecule has 0 saturated carbocycles. The fraction of sp³-hybridized carbons (Fsp3) is 0.364. The van der Waals surface area contributed by atoms with Crippen molar-refractivity contribution in [1.29, 1.82) is 0 Å². The molecule has 1 atom stereocenters. The maximum absolute atomic E-state index is 13.0. The Morgan fingerprint density at radius 2 is 1.75 bits per heavy atom. The molecule has 0 aliphatic carbocycles. The lowest BCUT2D eigenvalue weighted by molar-refractivity contribution is -0.139. The quantitative estimate of drug-likeness (QED) is 0.663. The van der Waals surface area contributed by atoms with Gasteiger partial charge >= 0.3 is 0 Å². The van der Waals surface area contributed by atoms with Crippen LogP contribution in [0.4, 0.5) is 0 Å². The van der Waals surface area contributed by atoms with Crippen LogP contribution in [0, 0.1) is 0 Å². The van der Waals surface area contributed by atoms with Crippen LogP contribution in [0.1, 0.15) is 24.5 Å². The minimum Gasteiger partial charge on any atom is -0.497 e. The molecule has 2 aromatic carbocycles. The zero-order chi connectivity index (χ0) is 20.4. The third-order valence-corrected chi connectivity index (χ3v) is 5.47. The van der Waals surface area contributed by atoms with Gasteiger partial charge in [-0.3, -0.25) is 9.59 Å². The van der Waals surface area contributed by atoms with Gasteiger partial charge in [-0.2, -0.15) is 0 Å². The minimum atomic E-state index is -0.489. The van der Waals surface area contributed by atoms with Gasteiger partial charge in [-0.1, -0.05) is 49.4 Å². The fourth-order valence-corrected chi connectivity index (χ4v) is 3.80. The standard InChI is InChI=1S/C22H28N2O3S/c1-4-20(22(26)23-2)24(14-17-10-12-19(27-3)13-11-17)21(25)16-28-15-18-8-6-5-7-9-18/h5-13,20H,4,14-16H2,1-3H3,(H,23,26)/t20-/m0/s1. The molecule has 1 N–H and O–H groups in total. The van der Waals surface area contributed by atoms with Crippen LogP contribution in [0.5, 0.6) is 5.75 Å². The number of carbonyl (C=O) groups is 2. The molecule has 0 aromatic heterocycles. The number of thioether (sulfide) groups is 1. The van der Waals surface area contributed by atoms with Crippen molar-refractivity contribution >= 4 is 23.6 Å². The van der Waals surface area contributed by atoms with E-state index in [1.807, 2.05) is 61.5 Å². The molecule has 6 heteroatoms. The van der Waals surface area contributed by atoms with Crippen LogP contribution >= 0.6 is 11.8 Å². The zero-order valence-electron chi connectivity index (χ0n) is 16.7. The molecule has 0 spiro atoms. The van der Waals surface area contributed by atoms with Gasteiger partial charge < -0.3 is 15.0 Å². The van der Waals surface area contributed by atoms with Crippen molar-refractivity contribution < 1.29 is 14.3 Å². The van der Waals surface area contributed by atoms with Gasteiger partial charge in [-0.05, 0) is 29.7 Å². The summed E-state index contributed by atoms with van der Waals surface area (Å²) in [6, 6.07) is 17.1. The summed E-state index contributed by atoms with van der Waals surface area (Å²) in [4.78, 5) is 27.0. The van der Waals surface area contributed by atoms with Gasteiger partial charge in [-0.25, -0.2) is 0 Å². The van der Waals surface area contributed by atoms with Gasteiger partial charge in [0.25, 0.3) is 0 Å². The summed E-state index contributed by atoms with van der Waals surface area (Å²) in [5.41, 5.74) is 2.14. The van der Waals surface area contributed by atoms with Crippen molar-refractivity contribution in [3.63, 3.8) is 0 Å². The smallest absolute Gasteiger partial charge is 0.242 e. The number of nitrogens with zero attached hydrogens (tertiary/aromatic N) is 1. The Labute approximate surface area is 171 Å². The van der Waals surface area contributed by atoms with Gasteiger partial charge in [0.2, 0.25) is 11.8 Å². The maximum Gasteiger partial charge on any atom is 0.242 e. The summed E-state index contributed by atoms with van der Waals surface area (Å²) in [5, 5.41) is 2.68. The van der Waals surface area contributed by atoms with E-state index in [1.165, 1.54) is 5.56 Å². The molecule has 0 bridgehead atoms. The largest absolute Gasteiger partial charge is 0.497 e. The minimum absolute atomic E-state index is 0.0350. The second-order valence-corrected chi connectivity index (χ2v) is 7.37. The van der Waals surface area contributed by atoms with E-state index in [0.717, 1.165) is 17.1 Å². The first-order valence-electron chi connectivity index (χ1n) is 9.34. The second-order valence-electron chi connectivity index (χ2n) is 6.39. The summed E-state index contributed by atoms with van der Waals surface area (Å²) in [5.74, 6) is 1.68. The van der Waals surface area contributed by atoms with Gasteiger partial charge in [0.05, 0.1) is 12.9 Å². The average Bonchev–Trinajstić information content (AvgIpc) is 2.74. The average molecular weight is 401 g/mol. The number of benzene rings is 2. The first-order valence-corrected chi connectivity index (χ1v) is 10.5. The molecule has 2 amide bonds. The Morgan fingerprint density at radius 1 is 1.07 bits per heavy atom. The van der Waals surface area contributed by atoms with Crippen molar-refractivity contribution in [3.05, 3.63) is 65.7 Å². The van der Waals surface area contributed by atoms with Crippen LogP contribution < -0.4 is 10.1 Å². The topological polar surface area (TPSA) is 58.6 Å². The lowest BCUT2D eigenvalue weighted by Gasteiger charge is -2.30. The van der Waals surface area contributed by atoms with Crippen LogP contribution in [0.3, 0.4) is 0 Å². The molecule has 0 aliphatic heterocycles. The van der Waals surface area contributed by atoms with Crippen molar-refractivity contribution in [2.75, 3.05) is 19.9 Å². The van der Waals surface area contributed by atoms with Crippen molar-refractivity contribution in [1.82, 2.24) is 10.2 Å². The van der Waals surface area contributed by atoms with Crippen LogP contribution in [-0.2, 0) is 21.9 Å². The number of hydrogen-bond donors (Lipinski definition) is 1. The number of amides is 2. The third-order valence-electron chi connectivity index (χ3n) is 4.48. The monoisotopic (exact) mass is 400 g/mol. The van der Waals surface area contributed by atoms with Gasteiger partial charge in [0, 0.05) is 19.3 Å². The van der Waals surface area contributed by atoms with E-state index in [-0.39, 0.29) is 11.8 Å². The molecule has 5 nitrogen and oxygen atoms in total. The highest BCUT2D eigenvalue weighted by atomic mass is 32.2. The molecule has 150 valence electrons. The molecular weight excluding hydrogens is 372 g/mol. The maximum atomic E-state index is 13.0. The second kappa shape index (κ2) is 11.4. The number of methoxy groups -OCH3 is 1. The summed E-state index contributed by atoms with van der Waals surface area (Å²) in [7, 11) is 3.22.